The standard InChI is InChI=1S/C29H32N2O3/c1-30(19-17-22-11-5-2-6-12-22)25-18-20-31(26(21-25)29(33)34)28(32)27(23-13-7-3-8-14-23)24-15-9-4-10-16-24/h2-16,25-27H,17-21H2,1H3,(H,33,34)/t25-,26+/m1/s1. The highest BCUT2D eigenvalue weighted by molar-refractivity contribution is 5.91. The van der Waals surface area contributed by atoms with Crippen LogP contribution in [0.4, 0.5) is 0 Å². The summed E-state index contributed by atoms with van der Waals surface area (Å²) in [4.78, 5) is 30.0. The Balaban J connectivity index is 1.50. The van der Waals surface area contributed by atoms with E-state index < -0.39 is 17.9 Å². The number of nitrogens with zero attached hydrogens (tertiary/aromatic N) is 2. The van der Waals surface area contributed by atoms with E-state index >= 15 is 0 Å². The van der Waals surface area contributed by atoms with E-state index in [9.17, 15) is 14.7 Å². The number of likely N-dealkylation sites (N-methyl/N-ethyl adjacent to an activating group) is 1. The first-order valence-electron chi connectivity index (χ1n) is 11.9. The zero-order valence-electron chi connectivity index (χ0n) is 19.6. The Morgan fingerprint density at radius 1 is 0.912 bits per heavy atom. The van der Waals surface area contributed by atoms with Gasteiger partial charge in [0, 0.05) is 19.1 Å². The summed E-state index contributed by atoms with van der Waals surface area (Å²) in [5.41, 5.74) is 3.03. The second-order valence-corrected chi connectivity index (χ2v) is 9.03. The van der Waals surface area contributed by atoms with Crippen LogP contribution in [0.15, 0.2) is 91.0 Å². The lowest BCUT2D eigenvalue weighted by molar-refractivity contribution is -0.153. The quantitative estimate of drug-likeness (QED) is 0.545. The molecular weight excluding hydrogens is 424 g/mol. The second kappa shape index (κ2) is 11.1. The van der Waals surface area contributed by atoms with E-state index in [1.54, 1.807) is 4.90 Å². The van der Waals surface area contributed by atoms with Crippen molar-refractivity contribution >= 4 is 11.9 Å². The third kappa shape index (κ3) is 5.54. The average Bonchev–Trinajstić information content (AvgIpc) is 2.89. The lowest BCUT2D eigenvalue weighted by atomic mass is 9.87. The van der Waals surface area contributed by atoms with Gasteiger partial charge in [0.2, 0.25) is 5.91 Å². The first-order chi connectivity index (χ1) is 16.5. The fraction of sp³-hybridized carbons (Fsp3) is 0.310. The van der Waals surface area contributed by atoms with Crippen LogP contribution in [0.3, 0.4) is 0 Å². The molecule has 0 bridgehead atoms. The molecule has 5 heteroatoms. The summed E-state index contributed by atoms with van der Waals surface area (Å²) < 4.78 is 0. The van der Waals surface area contributed by atoms with Crippen LogP contribution >= 0.6 is 0 Å². The van der Waals surface area contributed by atoms with E-state index in [1.807, 2.05) is 78.9 Å². The maximum atomic E-state index is 13.9. The number of amides is 1. The molecule has 3 aromatic rings. The number of benzene rings is 3. The fourth-order valence-electron chi connectivity index (χ4n) is 4.91. The predicted octanol–water partition coefficient (Wildman–Crippen LogP) is 4.44. The number of rotatable bonds is 8. The Hall–Kier alpha value is -3.44. The number of carboxylic acid groups (broad SMARTS) is 1. The summed E-state index contributed by atoms with van der Waals surface area (Å²) >= 11 is 0. The van der Waals surface area contributed by atoms with E-state index in [0.29, 0.717) is 13.0 Å². The predicted molar refractivity (Wildman–Crippen MR) is 134 cm³/mol. The summed E-state index contributed by atoms with van der Waals surface area (Å²) in [5, 5.41) is 10.1. The van der Waals surface area contributed by atoms with Gasteiger partial charge in [0.15, 0.2) is 0 Å². The summed E-state index contributed by atoms with van der Waals surface area (Å²) in [7, 11) is 2.06. The number of carbonyl (C=O) groups excluding carboxylic acids is 1. The van der Waals surface area contributed by atoms with Crippen molar-refractivity contribution in [3.63, 3.8) is 0 Å². The van der Waals surface area contributed by atoms with Crippen molar-refractivity contribution in [3.8, 4) is 0 Å². The van der Waals surface area contributed by atoms with Crippen molar-refractivity contribution in [2.24, 2.45) is 0 Å². The maximum Gasteiger partial charge on any atom is 0.326 e. The van der Waals surface area contributed by atoms with Gasteiger partial charge in [0.25, 0.3) is 0 Å². The van der Waals surface area contributed by atoms with Crippen molar-refractivity contribution < 1.29 is 14.7 Å². The van der Waals surface area contributed by atoms with Crippen LogP contribution in [0.1, 0.15) is 35.4 Å². The minimum atomic E-state index is -0.936. The van der Waals surface area contributed by atoms with Gasteiger partial charge in [0.05, 0.1) is 5.92 Å². The minimum Gasteiger partial charge on any atom is -0.480 e. The second-order valence-electron chi connectivity index (χ2n) is 9.03. The molecule has 0 radical (unpaired) electrons. The molecule has 1 N–H and O–H groups in total. The molecule has 0 saturated carbocycles. The van der Waals surface area contributed by atoms with Gasteiger partial charge in [-0.15, -0.1) is 0 Å². The number of piperidine rings is 1. The molecule has 1 saturated heterocycles. The van der Waals surface area contributed by atoms with Gasteiger partial charge < -0.3 is 14.9 Å². The third-order valence-electron chi connectivity index (χ3n) is 6.88. The van der Waals surface area contributed by atoms with Gasteiger partial charge in [-0.2, -0.15) is 0 Å². The Bertz CT molecular complexity index is 1030. The number of hydrogen-bond acceptors (Lipinski definition) is 3. The lowest BCUT2D eigenvalue weighted by Gasteiger charge is -2.42. The summed E-state index contributed by atoms with van der Waals surface area (Å²) in [6.07, 6.45) is 2.11. The van der Waals surface area contributed by atoms with Crippen LogP contribution in [-0.4, -0.2) is 59.0 Å². The largest absolute Gasteiger partial charge is 0.480 e. The first kappa shape index (κ1) is 23.7. The highest BCUT2D eigenvalue weighted by Crippen LogP contribution is 2.31. The smallest absolute Gasteiger partial charge is 0.326 e. The van der Waals surface area contributed by atoms with Gasteiger partial charge in [-0.25, -0.2) is 4.79 Å². The van der Waals surface area contributed by atoms with E-state index in [-0.39, 0.29) is 11.9 Å². The number of carboxylic acids is 1. The zero-order valence-corrected chi connectivity index (χ0v) is 19.6. The summed E-state index contributed by atoms with van der Waals surface area (Å²) in [6.45, 7) is 1.29. The van der Waals surface area contributed by atoms with Crippen LogP contribution in [0.5, 0.6) is 0 Å². The van der Waals surface area contributed by atoms with E-state index in [0.717, 1.165) is 30.5 Å². The first-order valence-corrected chi connectivity index (χ1v) is 11.9. The molecule has 5 nitrogen and oxygen atoms in total. The molecule has 1 heterocycles. The topological polar surface area (TPSA) is 60.9 Å². The minimum absolute atomic E-state index is 0.126. The Morgan fingerprint density at radius 2 is 1.44 bits per heavy atom. The highest BCUT2D eigenvalue weighted by atomic mass is 16.4. The Morgan fingerprint density at radius 3 is 1.97 bits per heavy atom. The molecular formula is C29H32N2O3. The molecule has 0 aromatic heterocycles. The van der Waals surface area contributed by atoms with Crippen molar-refractivity contribution in [1.82, 2.24) is 9.80 Å². The van der Waals surface area contributed by atoms with Gasteiger partial charge in [-0.3, -0.25) is 4.79 Å². The number of hydrogen-bond donors (Lipinski definition) is 1. The summed E-state index contributed by atoms with van der Waals surface area (Å²) in [6, 6.07) is 28.9. The molecule has 176 valence electrons. The van der Waals surface area contributed by atoms with Crippen molar-refractivity contribution in [1.29, 1.82) is 0 Å². The number of likely N-dealkylation sites (tertiary alicyclic amines) is 1. The summed E-state index contributed by atoms with van der Waals surface area (Å²) in [5.74, 6) is -1.60. The Labute approximate surface area is 201 Å². The molecule has 0 unspecified atom stereocenters. The van der Waals surface area contributed by atoms with Crippen LogP contribution in [0.25, 0.3) is 0 Å². The monoisotopic (exact) mass is 456 g/mol. The number of aliphatic carboxylic acids is 1. The molecule has 4 rings (SSSR count). The molecule has 1 aliphatic heterocycles. The van der Waals surface area contributed by atoms with Crippen molar-refractivity contribution in [2.45, 2.75) is 37.3 Å². The van der Waals surface area contributed by atoms with Crippen molar-refractivity contribution in [2.75, 3.05) is 20.1 Å². The Kier molecular flexibility index (Phi) is 7.76. The molecule has 34 heavy (non-hydrogen) atoms. The van der Waals surface area contributed by atoms with Crippen LogP contribution in [-0.2, 0) is 16.0 Å². The number of carbonyl (C=O) groups is 2. The van der Waals surface area contributed by atoms with E-state index in [4.69, 9.17) is 0 Å². The van der Waals surface area contributed by atoms with Gasteiger partial charge in [-0.1, -0.05) is 91.0 Å². The van der Waals surface area contributed by atoms with Gasteiger partial charge in [0.1, 0.15) is 6.04 Å². The maximum absolute atomic E-state index is 13.9. The molecule has 1 fully saturated rings. The molecule has 0 aliphatic carbocycles. The van der Waals surface area contributed by atoms with Gasteiger partial charge in [-0.05, 0) is 43.0 Å². The van der Waals surface area contributed by atoms with Crippen LogP contribution in [0, 0.1) is 0 Å². The fourth-order valence-corrected chi connectivity index (χ4v) is 4.91. The normalized spacial score (nSPS) is 18.3. The zero-order chi connectivity index (χ0) is 23.9. The van der Waals surface area contributed by atoms with E-state index in [2.05, 4.69) is 24.1 Å². The van der Waals surface area contributed by atoms with Crippen LogP contribution < -0.4 is 0 Å². The molecule has 3 aromatic carbocycles. The molecule has 2 atom stereocenters. The van der Waals surface area contributed by atoms with Gasteiger partial charge >= 0.3 is 5.97 Å². The third-order valence-corrected chi connectivity index (χ3v) is 6.88. The average molecular weight is 457 g/mol. The molecule has 1 amide bonds. The van der Waals surface area contributed by atoms with Crippen LogP contribution in [0.2, 0.25) is 0 Å². The SMILES string of the molecule is CN(CCc1ccccc1)[C@@H]1CCN(C(=O)C(c2ccccc2)c2ccccc2)[C@H](C(=O)O)C1. The van der Waals surface area contributed by atoms with E-state index in [1.165, 1.54) is 5.56 Å². The molecule has 0 spiro atoms. The lowest BCUT2D eigenvalue weighted by Crippen LogP contribution is -2.55. The van der Waals surface area contributed by atoms with Crippen molar-refractivity contribution in [3.05, 3.63) is 108 Å². The highest BCUT2D eigenvalue weighted by Gasteiger charge is 2.40. The molecule has 1 aliphatic rings.